The normalized spacial score (nSPS) is 10.4. The molecule has 0 aliphatic carbocycles. The largest absolute Gasteiger partial charge is 0.326 e. The van der Waals surface area contributed by atoms with Crippen molar-refractivity contribution in [2.45, 2.75) is 20.3 Å². The van der Waals surface area contributed by atoms with Crippen molar-refractivity contribution < 1.29 is 14.4 Å². The molecule has 0 aliphatic heterocycles. The molecule has 0 saturated heterocycles. The number of ketones is 1. The third kappa shape index (κ3) is 4.89. The fourth-order valence-electron chi connectivity index (χ4n) is 2.66. The van der Waals surface area contributed by atoms with Gasteiger partial charge in [-0.05, 0) is 17.7 Å². The van der Waals surface area contributed by atoms with Gasteiger partial charge >= 0.3 is 0 Å². The van der Waals surface area contributed by atoms with Crippen molar-refractivity contribution in [2.24, 2.45) is 0 Å². The lowest BCUT2D eigenvalue weighted by Crippen LogP contribution is -2.14. The summed E-state index contributed by atoms with van der Waals surface area (Å²) in [5.74, 6) is -0.467. The minimum atomic E-state index is -0.226. The number of nitrogens with zero attached hydrogens (tertiary/aromatic N) is 1. The Morgan fingerprint density at radius 3 is 2.21 bits per heavy atom. The molecule has 0 fully saturated rings. The van der Waals surface area contributed by atoms with Crippen molar-refractivity contribution in [3.05, 3.63) is 65.0 Å². The first kappa shape index (κ1) is 19.4. The van der Waals surface area contributed by atoms with Gasteiger partial charge in [0.25, 0.3) is 0 Å². The maximum atomic E-state index is 12.4. The lowest BCUT2D eigenvalue weighted by molar-refractivity contribution is -0.116. The van der Waals surface area contributed by atoms with E-state index in [2.05, 4.69) is 15.6 Å². The van der Waals surface area contributed by atoms with Gasteiger partial charge < -0.3 is 10.6 Å². The maximum Gasteiger partial charge on any atom is 0.230 e. The van der Waals surface area contributed by atoms with E-state index in [9.17, 15) is 14.4 Å². The van der Waals surface area contributed by atoms with Crippen LogP contribution in [0.5, 0.6) is 0 Å². The number of nitrogens with one attached hydrogen (secondary N) is 2. The average Bonchev–Trinajstić information content (AvgIpc) is 3.07. The molecule has 0 radical (unpaired) electrons. The molecule has 0 atom stereocenters. The second kappa shape index (κ2) is 8.58. The molecule has 2 amide bonds. The van der Waals surface area contributed by atoms with E-state index in [0.29, 0.717) is 21.4 Å². The van der Waals surface area contributed by atoms with Gasteiger partial charge in [0.1, 0.15) is 0 Å². The Labute approximate surface area is 166 Å². The zero-order valence-corrected chi connectivity index (χ0v) is 16.3. The van der Waals surface area contributed by atoms with Gasteiger partial charge in [0, 0.05) is 25.1 Å². The van der Waals surface area contributed by atoms with Gasteiger partial charge in [-0.15, -0.1) is 0 Å². The molecular weight excluding hydrogens is 374 g/mol. The summed E-state index contributed by atoms with van der Waals surface area (Å²) in [6, 6.07) is 16.5. The molecule has 2 N–H and O–H groups in total. The number of aromatic nitrogens is 1. The summed E-state index contributed by atoms with van der Waals surface area (Å²) in [5, 5.41) is 5.84. The van der Waals surface area contributed by atoms with Crippen molar-refractivity contribution in [2.75, 3.05) is 10.6 Å². The number of amides is 2. The Kier molecular flexibility index (Phi) is 5.96. The van der Waals surface area contributed by atoms with Crippen LogP contribution < -0.4 is 10.6 Å². The molecule has 3 aromatic rings. The predicted octanol–water partition coefficient (Wildman–Crippen LogP) is 4.15. The molecule has 7 heteroatoms. The van der Waals surface area contributed by atoms with E-state index in [1.165, 1.54) is 25.2 Å². The van der Waals surface area contributed by atoms with E-state index in [4.69, 9.17) is 0 Å². The minimum Gasteiger partial charge on any atom is -0.326 e. The molecule has 1 aromatic heterocycles. The third-order valence-electron chi connectivity index (χ3n) is 3.88. The number of hydrogen-bond donors (Lipinski definition) is 2. The predicted molar refractivity (Wildman–Crippen MR) is 111 cm³/mol. The monoisotopic (exact) mass is 393 g/mol. The van der Waals surface area contributed by atoms with E-state index in [0.717, 1.165) is 11.1 Å². The number of hydrogen-bond acceptors (Lipinski definition) is 5. The number of anilines is 2. The fourth-order valence-corrected chi connectivity index (χ4v) is 3.56. The summed E-state index contributed by atoms with van der Waals surface area (Å²) >= 11 is 1.17. The van der Waals surface area contributed by atoms with Crippen LogP contribution in [0.25, 0.3) is 11.3 Å². The Balaban J connectivity index is 1.72. The Morgan fingerprint density at radius 2 is 1.61 bits per heavy atom. The molecule has 2 aromatic carbocycles. The van der Waals surface area contributed by atoms with Gasteiger partial charge in [-0.3, -0.25) is 14.4 Å². The van der Waals surface area contributed by atoms with E-state index in [1.54, 1.807) is 24.3 Å². The summed E-state index contributed by atoms with van der Waals surface area (Å²) < 4.78 is 0. The highest BCUT2D eigenvalue weighted by Gasteiger charge is 2.18. The van der Waals surface area contributed by atoms with E-state index >= 15 is 0 Å². The average molecular weight is 393 g/mol. The molecule has 0 unspecified atom stereocenters. The highest BCUT2D eigenvalue weighted by atomic mass is 32.1. The van der Waals surface area contributed by atoms with Crippen LogP contribution in [-0.4, -0.2) is 22.6 Å². The number of rotatable bonds is 6. The summed E-state index contributed by atoms with van der Waals surface area (Å²) in [6.07, 6.45) is 0.163. The molecule has 0 saturated carbocycles. The number of thiazole rings is 1. The Hall–Kier alpha value is -3.32. The highest BCUT2D eigenvalue weighted by Crippen LogP contribution is 2.31. The fraction of sp³-hybridized carbons (Fsp3) is 0.143. The molecule has 0 spiro atoms. The number of benzene rings is 2. The summed E-state index contributed by atoms with van der Waals surface area (Å²) in [6.45, 7) is 2.93. The van der Waals surface area contributed by atoms with Crippen LogP contribution >= 0.6 is 11.3 Å². The van der Waals surface area contributed by atoms with E-state index < -0.39 is 0 Å². The first-order valence-electron chi connectivity index (χ1n) is 8.66. The van der Waals surface area contributed by atoms with Crippen LogP contribution in [0.2, 0.25) is 0 Å². The molecule has 142 valence electrons. The van der Waals surface area contributed by atoms with Crippen molar-refractivity contribution in [3.8, 4) is 11.3 Å². The first-order valence-corrected chi connectivity index (χ1v) is 9.47. The summed E-state index contributed by atoms with van der Waals surface area (Å²) in [5.41, 5.74) is 2.89. The first-order chi connectivity index (χ1) is 13.4. The molecule has 1 heterocycles. The molecule has 3 rings (SSSR count). The standard InChI is InChI=1S/C21H19N3O3S/c1-13(25)20-19(16-6-4-3-5-7-16)24-21(28-20)23-18(27)12-15-8-10-17(11-9-15)22-14(2)26/h3-11H,12H2,1-2H3,(H,22,26)(H,23,24,27). The summed E-state index contributed by atoms with van der Waals surface area (Å²) in [7, 11) is 0. The Morgan fingerprint density at radius 1 is 0.929 bits per heavy atom. The van der Waals surface area contributed by atoms with Gasteiger partial charge in [0.2, 0.25) is 11.8 Å². The summed E-state index contributed by atoms with van der Waals surface area (Å²) in [4.78, 5) is 40.4. The molecule has 6 nitrogen and oxygen atoms in total. The van der Waals surface area contributed by atoms with E-state index in [-0.39, 0.29) is 24.0 Å². The van der Waals surface area contributed by atoms with Crippen molar-refractivity contribution >= 4 is 39.8 Å². The van der Waals surface area contributed by atoms with Crippen LogP contribution in [0.3, 0.4) is 0 Å². The number of carbonyl (C=O) groups excluding carboxylic acids is 3. The van der Waals surface area contributed by atoms with Crippen molar-refractivity contribution in [1.82, 2.24) is 4.98 Å². The zero-order valence-electron chi connectivity index (χ0n) is 15.5. The minimum absolute atomic E-state index is 0.0922. The van der Waals surface area contributed by atoms with Crippen LogP contribution in [0.1, 0.15) is 29.1 Å². The number of Topliss-reactive ketones (excluding diaryl/α,β-unsaturated/α-hetero) is 1. The smallest absolute Gasteiger partial charge is 0.230 e. The zero-order chi connectivity index (χ0) is 20.1. The SMILES string of the molecule is CC(=O)Nc1ccc(CC(=O)Nc2nc(-c3ccccc3)c(C(C)=O)s2)cc1. The van der Waals surface area contributed by atoms with Crippen molar-refractivity contribution in [1.29, 1.82) is 0 Å². The van der Waals surface area contributed by atoms with Crippen LogP contribution in [-0.2, 0) is 16.0 Å². The molecule has 0 bridgehead atoms. The van der Waals surface area contributed by atoms with Gasteiger partial charge in [0.05, 0.1) is 17.0 Å². The van der Waals surface area contributed by atoms with Gasteiger partial charge in [-0.1, -0.05) is 53.8 Å². The lowest BCUT2D eigenvalue weighted by atomic mass is 10.1. The lowest BCUT2D eigenvalue weighted by Gasteiger charge is -2.05. The number of carbonyl (C=O) groups is 3. The Bertz CT molecular complexity index is 1010. The maximum absolute atomic E-state index is 12.4. The molecular formula is C21H19N3O3S. The molecule has 0 aliphatic rings. The van der Waals surface area contributed by atoms with Crippen LogP contribution in [0.4, 0.5) is 10.8 Å². The third-order valence-corrected chi connectivity index (χ3v) is 4.95. The topological polar surface area (TPSA) is 88.2 Å². The van der Waals surface area contributed by atoms with Gasteiger partial charge in [-0.25, -0.2) is 4.98 Å². The quantitative estimate of drug-likeness (QED) is 0.616. The van der Waals surface area contributed by atoms with Crippen LogP contribution in [0.15, 0.2) is 54.6 Å². The van der Waals surface area contributed by atoms with Gasteiger partial charge in [-0.2, -0.15) is 0 Å². The van der Waals surface area contributed by atoms with Gasteiger partial charge in [0.15, 0.2) is 10.9 Å². The van der Waals surface area contributed by atoms with Crippen LogP contribution in [0, 0.1) is 0 Å². The van der Waals surface area contributed by atoms with Crippen molar-refractivity contribution in [3.63, 3.8) is 0 Å². The highest BCUT2D eigenvalue weighted by molar-refractivity contribution is 7.18. The second-order valence-corrected chi connectivity index (χ2v) is 7.22. The second-order valence-electron chi connectivity index (χ2n) is 6.22. The molecule has 28 heavy (non-hydrogen) atoms. The van der Waals surface area contributed by atoms with E-state index in [1.807, 2.05) is 30.3 Å².